The van der Waals surface area contributed by atoms with Gasteiger partial charge in [-0.2, -0.15) is 5.10 Å². The topological polar surface area (TPSA) is 99.5 Å². The number of carbonyl (C=O) groups excluding carboxylic acids is 2. The molecule has 0 bridgehead atoms. The van der Waals surface area contributed by atoms with Gasteiger partial charge in [-0.3, -0.25) is 14.4 Å². The van der Waals surface area contributed by atoms with Crippen molar-refractivity contribution in [1.82, 2.24) is 4.90 Å². The fourth-order valence-electron chi connectivity index (χ4n) is 2.28. The van der Waals surface area contributed by atoms with Gasteiger partial charge in [0.15, 0.2) is 0 Å². The van der Waals surface area contributed by atoms with Gasteiger partial charge < -0.3 is 14.7 Å². The lowest BCUT2D eigenvalue weighted by atomic mass is 10.1. The fourth-order valence-corrected chi connectivity index (χ4v) is 2.28. The maximum Gasteiger partial charge on any atom is 0.323 e. The molecule has 0 aromatic heterocycles. The average Bonchev–Trinajstić information content (AvgIpc) is 2.59. The Hall–Kier alpha value is -2.74. The predicted octanol–water partition coefficient (Wildman–Crippen LogP) is 0.729. The molecule has 1 aliphatic rings. The van der Waals surface area contributed by atoms with E-state index in [9.17, 15) is 14.4 Å². The molecule has 1 aromatic rings. The Morgan fingerprint density at radius 3 is 2.62 bits per heavy atom. The number of anilines is 1. The summed E-state index contributed by atoms with van der Waals surface area (Å²) in [6.45, 7) is -0.0892. The van der Waals surface area contributed by atoms with Crippen LogP contribution in [-0.2, 0) is 19.1 Å². The van der Waals surface area contributed by atoms with Crippen LogP contribution in [0.15, 0.2) is 35.4 Å². The second kappa shape index (κ2) is 8.21. The van der Waals surface area contributed by atoms with Crippen molar-refractivity contribution in [2.24, 2.45) is 5.10 Å². The first kappa shape index (κ1) is 17.6. The molecule has 2 rings (SSSR count). The van der Waals surface area contributed by atoms with E-state index >= 15 is 0 Å². The maximum absolute atomic E-state index is 12.6. The minimum Gasteiger partial charge on any atom is -0.480 e. The molecule has 0 unspecified atom stereocenters. The predicted molar refractivity (Wildman–Crippen MR) is 86.7 cm³/mol. The second-order valence-electron chi connectivity index (χ2n) is 5.20. The molecular formula is C16H19N3O5. The number of hydrazone groups is 1. The van der Waals surface area contributed by atoms with Gasteiger partial charge in [0.25, 0.3) is 5.91 Å². The number of nitrogens with zero attached hydrogens (tertiary/aromatic N) is 3. The summed E-state index contributed by atoms with van der Waals surface area (Å²) in [5, 5.41) is 14.3. The van der Waals surface area contributed by atoms with Crippen LogP contribution < -0.4 is 5.01 Å². The van der Waals surface area contributed by atoms with Gasteiger partial charge in [-0.05, 0) is 12.1 Å². The van der Waals surface area contributed by atoms with E-state index in [1.165, 1.54) is 12.1 Å². The number of benzene rings is 1. The summed E-state index contributed by atoms with van der Waals surface area (Å²) in [6, 6.07) is 8.78. The second-order valence-corrected chi connectivity index (χ2v) is 5.20. The molecule has 0 spiro atoms. The average molecular weight is 333 g/mol. The van der Waals surface area contributed by atoms with E-state index in [-0.39, 0.29) is 37.6 Å². The molecule has 0 aliphatic carbocycles. The van der Waals surface area contributed by atoms with Gasteiger partial charge in [0.1, 0.15) is 12.3 Å². The van der Waals surface area contributed by atoms with Crippen molar-refractivity contribution in [2.45, 2.75) is 12.8 Å². The largest absolute Gasteiger partial charge is 0.480 e. The molecule has 1 heterocycles. The molecule has 0 saturated carbocycles. The highest BCUT2D eigenvalue weighted by molar-refractivity contribution is 6.40. The highest BCUT2D eigenvalue weighted by Gasteiger charge is 2.29. The van der Waals surface area contributed by atoms with Gasteiger partial charge in [-0.15, -0.1) is 0 Å². The zero-order valence-electron chi connectivity index (χ0n) is 13.3. The molecule has 128 valence electrons. The number of hydrogen-bond acceptors (Lipinski definition) is 5. The number of aliphatic carboxylic acids is 1. The van der Waals surface area contributed by atoms with Crippen LogP contribution in [0.1, 0.15) is 12.8 Å². The lowest BCUT2D eigenvalue weighted by Gasteiger charge is -2.26. The number of rotatable bonds is 7. The van der Waals surface area contributed by atoms with Crippen LogP contribution >= 0.6 is 0 Å². The lowest BCUT2D eigenvalue weighted by molar-refractivity contribution is -0.142. The summed E-state index contributed by atoms with van der Waals surface area (Å²) < 4.78 is 4.91. The standard InChI is InChI=1S/C16H19N3O5/c1-24-10-9-18(11-15(21)22)16(23)13-7-8-14(20)19(17-13)12-5-3-2-4-6-12/h2-6H,7-11H2,1H3,(H,21,22). The first-order valence-corrected chi connectivity index (χ1v) is 7.48. The third-order valence-corrected chi connectivity index (χ3v) is 3.46. The summed E-state index contributed by atoms with van der Waals surface area (Å²) in [7, 11) is 1.47. The maximum atomic E-state index is 12.6. The van der Waals surface area contributed by atoms with Crippen molar-refractivity contribution < 1.29 is 24.2 Å². The van der Waals surface area contributed by atoms with E-state index in [4.69, 9.17) is 9.84 Å². The molecule has 0 radical (unpaired) electrons. The smallest absolute Gasteiger partial charge is 0.323 e. The van der Waals surface area contributed by atoms with Gasteiger partial charge >= 0.3 is 5.97 Å². The number of amides is 2. The quantitative estimate of drug-likeness (QED) is 0.793. The van der Waals surface area contributed by atoms with E-state index in [0.717, 1.165) is 4.90 Å². The first-order chi connectivity index (χ1) is 11.5. The minimum atomic E-state index is -1.12. The summed E-state index contributed by atoms with van der Waals surface area (Å²) >= 11 is 0. The van der Waals surface area contributed by atoms with Crippen LogP contribution in [0.4, 0.5) is 5.69 Å². The zero-order valence-corrected chi connectivity index (χ0v) is 13.3. The number of carboxylic acid groups (broad SMARTS) is 1. The summed E-state index contributed by atoms with van der Waals surface area (Å²) in [5.74, 6) is -1.82. The van der Waals surface area contributed by atoms with Crippen molar-refractivity contribution in [3.05, 3.63) is 30.3 Å². The van der Waals surface area contributed by atoms with Crippen molar-refractivity contribution in [2.75, 3.05) is 31.8 Å². The van der Waals surface area contributed by atoms with Gasteiger partial charge in [0, 0.05) is 26.5 Å². The highest BCUT2D eigenvalue weighted by atomic mass is 16.5. The Kier molecular flexibility index (Phi) is 6.02. The van der Waals surface area contributed by atoms with E-state index in [2.05, 4.69) is 5.10 Å². The van der Waals surface area contributed by atoms with Gasteiger partial charge in [0.2, 0.25) is 5.91 Å². The first-order valence-electron chi connectivity index (χ1n) is 7.48. The molecule has 2 amide bonds. The van der Waals surface area contributed by atoms with Crippen molar-refractivity contribution in [1.29, 1.82) is 0 Å². The molecule has 24 heavy (non-hydrogen) atoms. The number of methoxy groups -OCH3 is 1. The molecule has 0 saturated heterocycles. The van der Waals surface area contributed by atoms with Crippen molar-refractivity contribution in [3.63, 3.8) is 0 Å². The van der Waals surface area contributed by atoms with Gasteiger partial charge in [0.05, 0.1) is 12.3 Å². The van der Waals surface area contributed by atoms with E-state index in [0.29, 0.717) is 5.69 Å². The van der Waals surface area contributed by atoms with Crippen LogP contribution in [-0.4, -0.2) is 60.3 Å². The van der Waals surface area contributed by atoms with Crippen molar-refractivity contribution in [3.8, 4) is 0 Å². The van der Waals surface area contributed by atoms with E-state index in [1.807, 2.05) is 6.07 Å². The number of carbonyl (C=O) groups is 3. The fraction of sp³-hybridized carbons (Fsp3) is 0.375. The minimum absolute atomic E-state index is 0.139. The molecule has 1 N–H and O–H groups in total. The Balaban J connectivity index is 2.22. The molecule has 0 fully saturated rings. The van der Waals surface area contributed by atoms with Crippen LogP contribution in [0.3, 0.4) is 0 Å². The normalized spacial score (nSPS) is 14.3. The number of ether oxygens (including phenoxy) is 1. The monoisotopic (exact) mass is 333 g/mol. The Morgan fingerprint density at radius 2 is 2.00 bits per heavy atom. The summed E-state index contributed by atoms with van der Waals surface area (Å²) in [4.78, 5) is 36.7. The molecule has 0 atom stereocenters. The molecule has 1 aromatic carbocycles. The lowest BCUT2D eigenvalue weighted by Crippen LogP contribution is -2.44. The van der Waals surface area contributed by atoms with E-state index in [1.54, 1.807) is 24.3 Å². The van der Waals surface area contributed by atoms with Crippen LogP contribution in [0.2, 0.25) is 0 Å². The third-order valence-electron chi connectivity index (χ3n) is 3.46. The summed E-state index contributed by atoms with van der Waals surface area (Å²) in [5.41, 5.74) is 0.727. The number of carboxylic acids is 1. The molecule has 8 nitrogen and oxygen atoms in total. The Morgan fingerprint density at radius 1 is 1.29 bits per heavy atom. The van der Waals surface area contributed by atoms with Gasteiger partial charge in [-0.1, -0.05) is 18.2 Å². The highest BCUT2D eigenvalue weighted by Crippen LogP contribution is 2.20. The molecule has 1 aliphatic heterocycles. The van der Waals surface area contributed by atoms with Crippen LogP contribution in [0.5, 0.6) is 0 Å². The number of hydrogen-bond donors (Lipinski definition) is 1. The van der Waals surface area contributed by atoms with Gasteiger partial charge in [-0.25, -0.2) is 5.01 Å². The third kappa shape index (κ3) is 4.39. The van der Waals surface area contributed by atoms with E-state index < -0.39 is 18.4 Å². The summed E-state index contributed by atoms with van der Waals surface area (Å²) in [6.07, 6.45) is 0.328. The van der Waals surface area contributed by atoms with Crippen LogP contribution in [0, 0.1) is 0 Å². The molecule has 8 heteroatoms. The number of para-hydroxylation sites is 1. The Bertz CT molecular complexity index is 644. The zero-order chi connectivity index (χ0) is 17.5. The SMILES string of the molecule is COCCN(CC(=O)O)C(=O)C1=NN(c2ccccc2)C(=O)CC1. The Labute approximate surface area is 139 Å². The van der Waals surface area contributed by atoms with Crippen LogP contribution in [0.25, 0.3) is 0 Å². The van der Waals surface area contributed by atoms with Crippen molar-refractivity contribution >= 4 is 29.2 Å². The molecular weight excluding hydrogens is 314 g/mol.